The maximum absolute atomic E-state index is 11.1. The van der Waals surface area contributed by atoms with Crippen molar-refractivity contribution >= 4 is 5.91 Å². The molecule has 0 radical (unpaired) electrons. The van der Waals surface area contributed by atoms with Crippen LogP contribution in [0.3, 0.4) is 0 Å². The second kappa shape index (κ2) is 5.19. The van der Waals surface area contributed by atoms with Crippen LogP contribution in [0, 0.1) is 5.92 Å². The lowest BCUT2D eigenvalue weighted by atomic mass is 10.2. The summed E-state index contributed by atoms with van der Waals surface area (Å²) in [4.78, 5) is 11.1. The number of carbonyl (C=O) groups is 1. The minimum Gasteiger partial charge on any atom is -0.384 e. The molecule has 1 amide bonds. The van der Waals surface area contributed by atoms with Crippen molar-refractivity contribution in [2.24, 2.45) is 11.7 Å². The van der Waals surface area contributed by atoms with Crippen LogP contribution in [0.5, 0.6) is 0 Å². The Labute approximate surface area is 78.8 Å². The van der Waals surface area contributed by atoms with Gasteiger partial charge >= 0.3 is 0 Å². The second-order valence-electron chi connectivity index (χ2n) is 3.55. The molecule has 0 heterocycles. The number of nitrogens with two attached hydrogens (primary N) is 1. The van der Waals surface area contributed by atoms with Crippen molar-refractivity contribution in [1.29, 1.82) is 0 Å². The predicted octanol–water partition coefficient (Wildman–Crippen LogP) is -0.124. The summed E-state index contributed by atoms with van der Waals surface area (Å²) in [6.07, 6.45) is 2.86. The van der Waals surface area contributed by atoms with Crippen LogP contribution in [-0.2, 0) is 9.53 Å². The van der Waals surface area contributed by atoms with Crippen LogP contribution >= 0.6 is 0 Å². The first-order valence-corrected chi connectivity index (χ1v) is 4.75. The topological polar surface area (TPSA) is 64.3 Å². The van der Waals surface area contributed by atoms with E-state index in [2.05, 4.69) is 5.32 Å². The maximum Gasteiger partial charge on any atom is 0.222 e. The normalized spacial score (nSPS) is 18.3. The summed E-state index contributed by atoms with van der Waals surface area (Å²) in [5.41, 5.74) is 5.81. The van der Waals surface area contributed by atoms with Gasteiger partial charge in [0.1, 0.15) is 0 Å². The van der Waals surface area contributed by atoms with Crippen molar-refractivity contribution in [2.75, 3.05) is 20.3 Å². The van der Waals surface area contributed by atoms with Crippen LogP contribution in [0.1, 0.15) is 19.3 Å². The molecule has 76 valence electrons. The van der Waals surface area contributed by atoms with Gasteiger partial charge in [-0.25, -0.2) is 0 Å². The first-order valence-electron chi connectivity index (χ1n) is 4.75. The lowest BCUT2D eigenvalue weighted by molar-refractivity contribution is -0.122. The van der Waals surface area contributed by atoms with E-state index >= 15 is 0 Å². The standard InChI is InChI=1S/C9H18N2O2/c1-13-5-4-9(12)11-6-8(10)7-2-3-7/h7-8H,2-6,10H2,1H3,(H,11,12). The fourth-order valence-corrected chi connectivity index (χ4v) is 1.21. The molecule has 1 aliphatic carbocycles. The highest BCUT2D eigenvalue weighted by atomic mass is 16.5. The molecule has 0 aromatic carbocycles. The van der Waals surface area contributed by atoms with E-state index in [0.29, 0.717) is 25.5 Å². The minimum atomic E-state index is 0.0259. The molecule has 3 N–H and O–H groups in total. The summed E-state index contributed by atoms with van der Waals surface area (Å²) < 4.78 is 4.79. The lowest BCUT2D eigenvalue weighted by Crippen LogP contribution is -2.38. The first-order chi connectivity index (χ1) is 6.24. The molecule has 0 spiro atoms. The average molecular weight is 186 g/mol. The van der Waals surface area contributed by atoms with Crippen molar-refractivity contribution in [3.63, 3.8) is 0 Å². The molecule has 1 unspecified atom stereocenters. The molecule has 1 saturated carbocycles. The van der Waals surface area contributed by atoms with Gasteiger partial charge in [0.05, 0.1) is 6.61 Å². The molecule has 1 atom stereocenters. The van der Waals surface area contributed by atoms with Gasteiger partial charge in [0, 0.05) is 26.1 Å². The molecule has 0 bridgehead atoms. The Bertz CT molecular complexity index is 169. The van der Waals surface area contributed by atoms with Gasteiger partial charge < -0.3 is 15.8 Å². The molecule has 0 aromatic heterocycles. The van der Waals surface area contributed by atoms with Gasteiger partial charge in [0.2, 0.25) is 5.91 Å². The SMILES string of the molecule is COCCC(=O)NCC(N)C1CC1. The number of hydrogen-bond donors (Lipinski definition) is 2. The number of carbonyl (C=O) groups excluding carboxylic acids is 1. The fraction of sp³-hybridized carbons (Fsp3) is 0.889. The molecule has 13 heavy (non-hydrogen) atoms. The summed E-state index contributed by atoms with van der Waals surface area (Å²) in [7, 11) is 1.59. The van der Waals surface area contributed by atoms with Gasteiger partial charge in [-0.2, -0.15) is 0 Å². The molecule has 0 aliphatic heterocycles. The van der Waals surface area contributed by atoms with Crippen molar-refractivity contribution in [1.82, 2.24) is 5.32 Å². The van der Waals surface area contributed by atoms with Crippen molar-refractivity contribution in [3.05, 3.63) is 0 Å². The van der Waals surface area contributed by atoms with Crippen molar-refractivity contribution in [2.45, 2.75) is 25.3 Å². The smallest absolute Gasteiger partial charge is 0.222 e. The van der Waals surface area contributed by atoms with Crippen LogP contribution in [0.2, 0.25) is 0 Å². The molecule has 4 heteroatoms. The highest BCUT2D eigenvalue weighted by Crippen LogP contribution is 2.31. The predicted molar refractivity (Wildman–Crippen MR) is 50.2 cm³/mol. The Morgan fingerprint density at radius 3 is 2.92 bits per heavy atom. The molecule has 1 aliphatic rings. The van der Waals surface area contributed by atoms with Crippen LogP contribution in [0.15, 0.2) is 0 Å². The van der Waals surface area contributed by atoms with Gasteiger partial charge in [0.25, 0.3) is 0 Å². The number of amides is 1. The first kappa shape index (κ1) is 10.5. The number of rotatable bonds is 6. The largest absolute Gasteiger partial charge is 0.384 e. The quantitative estimate of drug-likeness (QED) is 0.607. The molecule has 0 saturated heterocycles. The van der Waals surface area contributed by atoms with Crippen LogP contribution < -0.4 is 11.1 Å². The van der Waals surface area contributed by atoms with E-state index < -0.39 is 0 Å². The Kier molecular flexibility index (Phi) is 4.18. The summed E-state index contributed by atoms with van der Waals surface area (Å²) >= 11 is 0. The van der Waals surface area contributed by atoms with Crippen molar-refractivity contribution in [3.8, 4) is 0 Å². The molecule has 1 rings (SSSR count). The van der Waals surface area contributed by atoms with Gasteiger partial charge in [-0.3, -0.25) is 4.79 Å². The number of methoxy groups -OCH3 is 1. The second-order valence-corrected chi connectivity index (χ2v) is 3.55. The third-order valence-corrected chi connectivity index (χ3v) is 2.30. The average Bonchev–Trinajstić information content (AvgIpc) is 2.93. The summed E-state index contributed by atoms with van der Waals surface area (Å²) in [5.74, 6) is 0.667. The third kappa shape index (κ3) is 4.24. The summed E-state index contributed by atoms with van der Waals surface area (Å²) in [5, 5.41) is 2.79. The summed E-state index contributed by atoms with van der Waals surface area (Å²) in [6.45, 7) is 1.08. The maximum atomic E-state index is 11.1. The van der Waals surface area contributed by atoms with Crippen LogP contribution in [0.4, 0.5) is 0 Å². The highest BCUT2D eigenvalue weighted by Gasteiger charge is 2.28. The van der Waals surface area contributed by atoms with Gasteiger partial charge in [-0.1, -0.05) is 0 Å². The molecule has 4 nitrogen and oxygen atoms in total. The zero-order chi connectivity index (χ0) is 9.68. The highest BCUT2D eigenvalue weighted by molar-refractivity contribution is 5.75. The van der Waals surface area contributed by atoms with Gasteiger partial charge in [-0.15, -0.1) is 0 Å². The van der Waals surface area contributed by atoms with Crippen LogP contribution in [-0.4, -0.2) is 32.2 Å². The number of nitrogens with one attached hydrogen (secondary N) is 1. The Morgan fingerprint density at radius 1 is 1.69 bits per heavy atom. The monoisotopic (exact) mass is 186 g/mol. The van der Waals surface area contributed by atoms with Crippen molar-refractivity contribution < 1.29 is 9.53 Å². The minimum absolute atomic E-state index is 0.0259. The zero-order valence-corrected chi connectivity index (χ0v) is 8.08. The Balaban J connectivity index is 2.00. The molecular formula is C9H18N2O2. The van der Waals surface area contributed by atoms with E-state index in [-0.39, 0.29) is 11.9 Å². The Hall–Kier alpha value is -0.610. The summed E-state index contributed by atoms with van der Waals surface area (Å²) in [6, 6.07) is 0.145. The van der Waals surface area contributed by atoms with Gasteiger partial charge in [-0.05, 0) is 18.8 Å². The third-order valence-electron chi connectivity index (χ3n) is 2.30. The Morgan fingerprint density at radius 2 is 2.38 bits per heavy atom. The van der Waals surface area contributed by atoms with E-state index in [0.717, 1.165) is 0 Å². The van der Waals surface area contributed by atoms with Crippen LogP contribution in [0.25, 0.3) is 0 Å². The molecule has 1 fully saturated rings. The lowest BCUT2D eigenvalue weighted by Gasteiger charge is -2.11. The number of ether oxygens (including phenoxy) is 1. The van der Waals surface area contributed by atoms with E-state index in [4.69, 9.17) is 10.5 Å². The van der Waals surface area contributed by atoms with E-state index in [1.54, 1.807) is 7.11 Å². The van der Waals surface area contributed by atoms with Gasteiger partial charge in [0.15, 0.2) is 0 Å². The molecule has 0 aromatic rings. The number of hydrogen-bond acceptors (Lipinski definition) is 3. The zero-order valence-electron chi connectivity index (χ0n) is 8.08. The van der Waals surface area contributed by atoms with E-state index in [1.165, 1.54) is 12.8 Å². The fourth-order valence-electron chi connectivity index (χ4n) is 1.21. The van der Waals surface area contributed by atoms with E-state index in [9.17, 15) is 4.79 Å². The molecular weight excluding hydrogens is 168 g/mol. The van der Waals surface area contributed by atoms with E-state index in [1.807, 2.05) is 0 Å².